The molecule has 0 radical (unpaired) electrons. The second kappa shape index (κ2) is 16.6. The number of rotatable bonds is 11. The molecule has 3 heterocycles. The van der Waals surface area contributed by atoms with E-state index in [2.05, 4.69) is 5.32 Å². The minimum Gasteiger partial charge on any atom is -0.848 e. The average molecular weight is 642 g/mol. The van der Waals surface area contributed by atoms with Crippen molar-refractivity contribution in [2.24, 2.45) is 0 Å². The van der Waals surface area contributed by atoms with Gasteiger partial charge >= 0.3 is 29.6 Å². The molecule has 3 fully saturated rings. The van der Waals surface area contributed by atoms with Gasteiger partial charge in [0.1, 0.15) is 55.4 Å². The van der Waals surface area contributed by atoms with Gasteiger partial charge in [-0.15, -0.1) is 0 Å². The molecule has 19 nitrogen and oxygen atoms in total. The number of hydrogen-bond donors (Lipinski definition) is 12. The summed E-state index contributed by atoms with van der Waals surface area (Å²) in [4.78, 5) is 11.6. The molecule has 0 bridgehead atoms. The molecule has 0 spiro atoms. The Balaban J connectivity index is 0.00000645. The molecule has 246 valence electrons. The van der Waals surface area contributed by atoms with Crippen LogP contribution in [0.5, 0.6) is 0 Å². The first-order valence-electron chi connectivity index (χ1n) is 13.2. The molecule has 0 aromatic heterocycles. The zero-order valence-corrected chi connectivity index (χ0v) is 25.5. The van der Waals surface area contributed by atoms with E-state index in [0.717, 1.165) is 6.92 Å². The summed E-state index contributed by atoms with van der Waals surface area (Å²) in [6.07, 6.45) is -25.4. The molecule has 16 atom stereocenters. The number of carbonyl (C=O) groups excluding carboxylic acids is 1. The third-order valence-corrected chi connectivity index (χ3v) is 7.32. The fraction of sp³-hybridized carbons (Fsp3) is 0.957. The molecule has 20 heteroatoms. The average Bonchev–Trinajstić information content (AvgIpc) is 2.94. The van der Waals surface area contributed by atoms with Crippen molar-refractivity contribution in [3.05, 3.63) is 0 Å². The quantitative estimate of drug-likeness (QED) is 0.0932. The summed E-state index contributed by atoms with van der Waals surface area (Å²) in [6.45, 7) is -2.01. The molecule has 3 aliphatic heterocycles. The van der Waals surface area contributed by atoms with Gasteiger partial charge < -0.3 is 90.3 Å². The van der Waals surface area contributed by atoms with Crippen LogP contribution in [-0.2, 0) is 28.5 Å². The molecule has 0 aromatic carbocycles. The first kappa shape index (κ1) is 39.0. The second-order valence-electron chi connectivity index (χ2n) is 10.6. The van der Waals surface area contributed by atoms with Gasteiger partial charge in [0.25, 0.3) is 0 Å². The number of ether oxygens (including phenoxy) is 5. The van der Waals surface area contributed by atoms with Crippen LogP contribution in [0.3, 0.4) is 0 Å². The van der Waals surface area contributed by atoms with Crippen molar-refractivity contribution in [2.75, 3.05) is 26.4 Å². The molecule has 1 amide bonds. The van der Waals surface area contributed by atoms with Gasteiger partial charge in [0.05, 0.1) is 44.2 Å². The van der Waals surface area contributed by atoms with E-state index in [9.17, 15) is 66.1 Å². The van der Waals surface area contributed by atoms with Gasteiger partial charge in [0.2, 0.25) is 5.91 Å². The Hall–Kier alpha value is -0.210. The van der Waals surface area contributed by atoms with Crippen molar-refractivity contribution >= 4 is 5.91 Å². The molecule has 0 aliphatic carbocycles. The number of amides is 1. The van der Waals surface area contributed by atoms with Crippen molar-refractivity contribution in [2.45, 2.75) is 111 Å². The van der Waals surface area contributed by atoms with Gasteiger partial charge in [-0.2, -0.15) is 0 Å². The SMILES string of the molecule is CC(=O)N[C@H]1[C@H]([C@H](O)[C@H](O)CO)O[C@](O)(COC[C@H]2O[C@@H](O[C@H]3[C@H]([O-])[C@@H](O)[C@@H](O)O[C@@H]3CO)[C@H](O)[C@@H](O)[C@H]2O)C[C@@H]1O.[Na+]. The van der Waals surface area contributed by atoms with Gasteiger partial charge in [-0.3, -0.25) is 4.79 Å². The van der Waals surface area contributed by atoms with Crippen molar-refractivity contribution in [3.8, 4) is 0 Å². The maximum atomic E-state index is 12.5. The zero-order valence-electron chi connectivity index (χ0n) is 23.5. The summed E-state index contributed by atoms with van der Waals surface area (Å²) in [5.74, 6) is -2.97. The smallest absolute Gasteiger partial charge is 0.848 e. The Morgan fingerprint density at radius 1 is 1.02 bits per heavy atom. The Kier molecular flexibility index (Phi) is 15.0. The summed E-state index contributed by atoms with van der Waals surface area (Å²) >= 11 is 0. The molecule has 12 N–H and O–H groups in total. The molecule has 0 unspecified atom stereocenters. The van der Waals surface area contributed by atoms with E-state index in [1.165, 1.54) is 0 Å². The van der Waals surface area contributed by atoms with Crippen LogP contribution in [0.15, 0.2) is 0 Å². The fourth-order valence-corrected chi connectivity index (χ4v) is 5.04. The van der Waals surface area contributed by atoms with E-state index in [0.29, 0.717) is 0 Å². The van der Waals surface area contributed by atoms with Crippen LogP contribution in [0.4, 0.5) is 0 Å². The zero-order chi connectivity index (χ0) is 31.5. The predicted octanol–water partition coefficient (Wildman–Crippen LogP) is -11.9. The number of aliphatic hydroxyl groups excluding tert-OH is 10. The maximum Gasteiger partial charge on any atom is 1.00 e. The Labute approximate surface area is 267 Å². The Morgan fingerprint density at radius 3 is 2.26 bits per heavy atom. The van der Waals surface area contributed by atoms with Crippen LogP contribution >= 0.6 is 0 Å². The number of carbonyl (C=O) groups is 1. The van der Waals surface area contributed by atoms with Crippen molar-refractivity contribution in [1.29, 1.82) is 0 Å². The predicted molar refractivity (Wildman–Crippen MR) is 127 cm³/mol. The number of nitrogens with one attached hydrogen (secondary N) is 1. The van der Waals surface area contributed by atoms with Gasteiger partial charge in [-0.05, 0) is 0 Å². The minimum atomic E-state index is -2.34. The van der Waals surface area contributed by atoms with Gasteiger partial charge in [0.15, 0.2) is 18.4 Å². The van der Waals surface area contributed by atoms with Crippen molar-refractivity contribution in [3.63, 3.8) is 0 Å². The Morgan fingerprint density at radius 2 is 1.67 bits per heavy atom. The standard InChI is InChI=1S/C23H40NO18.Na/c1-7(27)24-12-8(28)2-23(37,42-20(12)13(30)9(29)3-25)6-38-5-11-14(31)15(32)18(35)22(40-11)41-19-10(4-26)39-21(36)17(34)16(19)33;/h8-22,25-26,28-32,34-37H,2-6H2,1H3,(H,24,27);/q-1;+1/t8-,9+,10+,11+,12+,13+,14-,15-,16+,17+,18+,19+,20+,21-,22-,23-;/m0./s1. The molecular formula is C23H40NNaO18. The molecular weight excluding hydrogens is 601 g/mol. The van der Waals surface area contributed by atoms with Crippen LogP contribution in [0.2, 0.25) is 0 Å². The largest absolute Gasteiger partial charge is 1.00 e. The summed E-state index contributed by atoms with van der Waals surface area (Å²) in [7, 11) is 0. The van der Waals surface area contributed by atoms with E-state index in [1.54, 1.807) is 0 Å². The third-order valence-electron chi connectivity index (χ3n) is 7.32. The van der Waals surface area contributed by atoms with E-state index >= 15 is 0 Å². The minimum absolute atomic E-state index is 0. The van der Waals surface area contributed by atoms with E-state index in [4.69, 9.17) is 23.7 Å². The molecule has 3 aliphatic rings. The van der Waals surface area contributed by atoms with Crippen molar-refractivity contribution < 1.29 is 119 Å². The summed E-state index contributed by atoms with van der Waals surface area (Å²) in [5, 5.41) is 126. The van der Waals surface area contributed by atoms with Crippen LogP contribution in [0.1, 0.15) is 13.3 Å². The van der Waals surface area contributed by atoms with Crippen LogP contribution in [0, 0.1) is 0 Å². The maximum absolute atomic E-state index is 12.5. The van der Waals surface area contributed by atoms with Crippen LogP contribution < -0.4 is 40.0 Å². The number of aliphatic hydroxyl groups is 11. The monoisotopic (exact) mass is 641 g/mol. The summed E-state index contributed by atoms with van der Waals surface area (Å²) in [5.41, 5.74) is 0. The topological polar surface area (TPSA) is 321 Å². The van der Waals surface area contributed by atoms with E-state index in [-0.39, 0.29) is 29.6 Å². The van der Waals surface area contributed by atoms with Crippen LogP contribution in [0.25, 0.3) is 0 Å². The van der Waals surface area contributed by atoms with E-state index in [1.807, 2.05) is 0 Å². The normalized spacial score (nSPS) is 45.1. The summed E-state index contributed by atoms with van der Waals surface area (Å²) < 4.78 is 26.6. The first-order valence-corrected chi connectivity index (χ1v) is 13.2. The first-order chi connectivity index (χ1) is 19.6. The fourth-order valence-electron chi connectivity index (χ4n) is 5.04. The number of hydrogen-bond acceptors (Lipinski definition) is 18. The molecule has 0 saturated carbocycles. The van der Waals surface area contributed by atoms with Gasteiger partial charge in [0, 0.05) is 13.3 Å². The molecule has 0 aromatic rings. The Bertz CT molecular complexity index is 876. The van der Waals surface area contributed by atoms with Crippen molar-refractivity contribution in [1.82, 2.24) is 5.32 Å². The van der Waals surface area contributed by atoms with Gasteiger partial charge in [-0.25, -0.2) is 0 Å². The van der Waals surface area contributed by atoms with Crippen LogP contribution in [-0.4, -0.2) is 186 Å². The van der Waals surface area contributed by atoms with E-state index < -0.39 is 136 Å². The second-order valence-corrected chi connectivity index (χ2v) is 10.6. The molecule has 3 rings (SSSR count). The summed E-state index contributed by atoms with van der Waals surface area (Å²) in [6, 6.07) is -1.30. The molecule has 43 heavy (non-hydrogen) atoms. The van der Waals surface area contributed by atoms with Gasteiger partial charge in [-0.1, -0.05) is 6.10 Å². The molecule has 3 saturated heterocycles. The third kappa shape index (κ3) is 9.20.